The second-order valence-corrected chi connectivity index (χ2v) is 4.01. The van der Waals surface area contributed by atoms with Crippen LogP contribution in [0, 0.1) is 0 Å². The van der Waals surface area contributed by atoms with Gasteiger partial charge in [-0.25, -0.2) is 9.78 Å². The first-order valence-corrected chi connectivity index (χ1v) is 5.41. The van der Waals surface area contributed by atoms with Gasteiger partial charge in [0.2, 0.25) is 5.88 Å². The summed E-state index contributed by atoms with van der Waals surface area (Å²) < 4.78 is 4.95. The van der Waals surface area contributed by atoms with Crippen molar-refractivity contribution in [3.8, 4) is 17.0 Å². The average Bonchev–Trinajstić information content (AvgIpc) is 2.78. The van der Waals surface area contributed by atoms with E-state index >= 15 is 0 Å². The lowest BCUT2D eigenvalue weighted by molar-refractivity contribution is 0.0702. The third kappa shape index (κ3) is 2.04. The SMILES string of the molecule is COc1ccc(-c2csc(C(=O)O)c2)cn1. The topological polar surface area (TPSA) is 59.4 Å². The van der Waals surface area contributed by atoms with Crippen molar-refractivity contribution in [3.05, 3.63) is 34.7 Å². The summed E-state index contributed by atoms with van der Waals surface area (Å²) >= 11 is 1.20. The molecule has 0 aliphatic carbocycles. The van der Waals surface area contributed by atoms with Crippen LogP contribution in [0.25, 0.3) is 11.1 Å². The molecule has 0 radical (unpaired) electrons. The Labute approximate surface area is 96.1 Å². The number of carbonyl (C=O) groups is 1. The molecule has 0 saturated carbocycles. The summed E-state index contributed by atoms with van der Waals surface area (Å²) in [5.41, 5.74) is 1.74. The first-order chi connectivity index (χ1) is 7.70. The van der Waals surface area contributed by atoms with E-state index in [9.17, 15) is 4.79 Å². The highest BCUT2D eigenvalue weighted by atomic mass is 32.1. The molecule has 0 aliphatic heterocycles. The number of aromatic carboxylic acids is 1. The molecular weight excluding hydrogens is 226 g/mol. The van der Waals surface area contributed by atoms with Gasteiger partial charge in [-0.2, -0.15) is 0 Å². The third-order valence-corrected chi connectivity index (χ3v) is 3.01. The molecule has 2 aromatic heterocycles. The number of rotatable bonds is 3. The van der Waals surface area contributed by atoms with Gasteiger partial charge in [0.15, 0.2) is 0 Å². The zero-order valence-corrected chi connectivity index (χ0v) is 9.32. The van der Waals surface area contributed by atoms with E-state index in [-0.39, 0.29) is 0 Å². The Morgan fingerprint density at radius 2 is 2.25 bits per heavy atom. The number of hydrogen-bond acceptors (Lipinski definition) is 4. The molecule has 0 aromatic carbocycles. The van der Waals surface area contributed by atoms with Crippen LogP contribution in [0.3, 0.4) is 0 Å². The van der Waals surface area contributed by atoms with E-state index in [4.69, 9.17) is 9.84 Å². The summed E-state index contributed by atoms with van der Waals surface area (Å²) in [7, 11) is 1.55. The standard InChI is InChI=1S/C11H9NO3S/c1-15-10-3-2-7(5-12-10)8-4-9(11(13)14)16-6-8/h2-6H,1H3,(H,13,14). The average molecular weight is 235 g/mol. The highest BCUT2D eigenvalue weighted by Gasteiger charge is 2.08. The maximum Gasteiger partial charge on any atom is 0.345 e. The lowest BCUT2D eigenvalue weighted by atomic mass is 10.1. The summed E-state index contributed by atoms with van der Waals surface area (Å²) in [6.45, 7) is 0. The fourth-order valence-electron chi connectivity index (χ4n) is 1.27. The normalized spacial score (nSPS) is 10.1. The zero-order valence-electron chi connectivity index (χ0n) is 8.51. The minimum Gasteiger partial charge on any atom is -0.481 e. The molecule has 2 heterocycles. The molecule has 0 spiro atoms. The smallest absolute Gasteiger partial charge is 0.345 e. The largest absolute Gasteiger partial charge is 0.481 e. The number of methoxy groups -OCH3 is 1. The van der Waals surface area contributed by atoms with Crippen molar-refractivity contribution in [2.75, 3.05) is 7.11 Å². The summed E-state index contributed by atoms with van der Waals surface area (Å²) in [5, 5.41) is 10.6. The molecule has 4 nitrogen and oxygen atoms in total. The van der Waals surface area contributed by atoms with Gasteiger partial charge >= 0.3 is 5.97 Å². The van der Waals surface area contributed by atoms with E-state index < -0.39 is 5.97 Å². The second-order valence-electron chi connectivity index (χ2n) is 3.09. The second kappa shape index (κ2) is 4.32. The van der Waals surface area contributed by atoms with Gasteiger partial charge in [0, 0.05) is 17.8 Å². The van der Waals surface area contributed by atoms with Crippen molar-refractivity contribution in [3.63, 3.8) is 0 Å². The number of carboxylic acid groups (broad SMARTS) is 1. The molecule has 0 fully saturated rings. The first-order valence-electron chi connectivity index (χ1n) is 4.53. The van der Waals surface area contributed by atoms with Gasteiger partial charge in [-0.05, 0) is 23.1 Å². The number of nitrogens with zero attached hydrogens (tertiary/aromatic N) is 1. The number of thiophene rings is 1. The van der Waals surface area contributed by atoms with Gasteiger partial charge in [0.05, 0.1) is 7.11 Å². The Balaban J connectivity index is 2.31. The number of pyridine rings is 1. The Kier molecular flexibility index (Phi) is 2.87. The molecule has 16 heavy (non-hydrogen) atoms. The quantitative estimate of drug-likeness (QED) is 0.888. The monoisotopic (exact) mass is 235 g/mol. The third-order valence-electron chi connectivity index (χ3n) is 2.09. The molecule has 0 unspecified atom stereocenters. The van der Waals surface area contributed by atoms with Crippen LogP contribution in [-0.4, -0.2) is 23.2 Å². The minimum atomic E-state index is -0.905. The maximum atomic E-state index is 10.7. The highest BCUT2D eigenvalue weighted by Crippen LogP contribution is 2.25. The van der Waals surface area contributed by atoms with Gasteiger partial charge in [-0.1, -0.05) is 0 Å². The fourth-order valence-corrected chi connectivity index (χ4v) is 2.03. The van der Waals surface area contributed by atoms with Gasteiger partial charge < -0.3 is 9.84 Å². The molecule has 0 atom stereocenters. The van der Waals surface area contributed by atoms with E-state index in [1.54, 1.807) is 30.8 Å². The van der Waals surface area contributed by atoms with Gasteiger partial charge in [0.1, 0.15) is 4.88 Å². The Bertz CT molecular complexity index is 504. The van der Waals surface area contributed by atoms with Crippen LogP contribution in [0.5, 0.6) is 5.88 Å². The van der Waals surface area contributed by atoms with Gasteiger partial charge in [-0.3, -0.25) is 0 Å². The fraction of sp³-hybridized carbons (Fsp3) is 0.0909. The van der Waals surface area contributed by atoms with Crippen LogP contribution in [0.4, 0.5) is 0 Å². The highest BCUT2D eigenvalue weighted by molar-refractivity contribution is 7.12. The molecule has 5 heteroatoms. The van der Waals surface area contributed by atoms with E-state index in [0.29, 0.717) is 10.8 Å². The lowest BCUT2D eigenvalue weighted by Gasteiger charge is -1.99. The molecule has 0 bridgehead atoms. The molecule has 2 aromatic rings. The zero-order chi connectivity index (χ0) is 11.5. The molecule has 0 aliphatic rings. The van der Waals surface area contributed by atoms with Crippen LogP contribution in [0.15, 0.2) is 29.8 Å². The van der Waals surface area contributed by atoms with Crippen molar-refractivity contribution in [1.29, 1.82) is 0 Å². The molecule has 0 amide bonds. The number of carboxylic acids is 1. The number of aromatic nitrogens is 1. The van der Waals surface area contributed by atoms with Crippen molar-refractivity contribution in [2.45, 2.75) is 0 Å². The van der Waals surface area contributed by atoms with Crippen LogP contribution in [-0.2, 0) is 0 Å². The molecular formula is C11H9NO3S. The summed E-state index contributed by atoms with van der Waals surface area (Å²) in [4.78, 5) is 15.1. The van der Waals surface area contributed by atoms with Crippen LogP contribution < -0.4 is 4.74 Å². The van der Waals surface area contributed by atoms with Crippen molar-refractivity contribution in [1.82, 2.24) is 4.98 Å². The predicted octanol–water partition coefficient (Wildman–Crippen LogP) is 2.52. The number of ether oxygens (including phenoxy) is 1. The van der Waals surface area contributed by atoms with Crippen LogP contribution >= 0.6 is 11.3 Å². The molecule has 2 rings (SSSR count). The summed E-state index contributed by atoms with van der Waals surface area (Å²) in [6.07, 6.45) is 1.66. The van der Waals surface area contributed by atoms with E-state index in [2.05, 4.69) is 4.98 Å². The lowest BCUT2D eigenvalue weighted by Crippen LogP contribution is -1.90. The van der Waals surface area contributed by atoms with Crippen molar-refractivity contribution < 1.29 is 14.6 Å². The number of hydrogen-bond donors (Lipinski definition) is 1. The van der Waals surface area contributed by atoms with Crippen molar-refractivity contribution >= 4 is 17.3 Å². The van der Waals surface area contributed by atoms with Crippen LogP contribution in [0.2, 0.25) is 0 Å². The minimum absolute atomic E-state index is 0.325. The molecule has 0 saturated heterocycles. The maximum absolute atomic E-state index is 10.7. The molecule has 1 N–H and O–H groups in total. The van der Waals surface area contributed by atoms with E-state index in [1.165, 1.54) is 11.3 Å². The Hall–Kier alpha value is -1.88. The first kappa shape index (κ1) is 10.6. The van der Waals surface area contributed by atoms with Gasteiger partial charge in [0.25, 0.3) is 0 Å². The van der Waals surface area contributed by atoms with E-state index in [1.807, 2.05) is 6.07 Å². The Morgan fingerprint density at radius 3 is 2.75 bits per heavy atom. The summed E-state index contributed by atoms with van der Waals surface area (Å²) in [6, 6.07) is 5.23. The van der Waals surface area contributed by atoms with Crippen LogP contribution in [0.1, 0.15) is 9.67 Å². The predicted molar refractivity (Wildman–Crippen MR) is 61.1 cm³/mol. The molecule has 82 valence electrons. The van der Waals surface area contributed by atoms with Crippen molar-refractivity contribution in [2.24, 2.45) is 0 Å². The summed E-state index contributed by atoms with van der Waals surface area (Å²) in [5.74, 6) is -0.366. The van der Waals surface area contributed by atoms with Gasteiger partial charge in [-0.15, -0.1) is 11.3 Å². The Morgan fingerprint density at radius 1 is 1.44 bits per heavy atom. The van der Waals surface area contributed by atoms with E-state index in [0.717, 1.165) is 11.1 Å².